The normalized spacial score (nSPS) is 15.5. The third-order valence-electron chi connectivity index (χ3n) is 5.50. The van der Waals surface area contributed by atoms with E-state index >= 15 is 0 Å². The molecule has 0 radical (unpaired) electrons. The number of thioether (sulfide) groups is 1. The number of nitrogens with two attached hydrogens (primary N) is 1. The molecule has 1 unspecified atom stereocenters. The quantitative estimate of drug-likeness (QED) is 0.667. The van der Waals surface area contributed by atoms with E-state index in [0.29, 0.717) is 39.5 Å². The topological polar surface area (TPSA) is 106 Å². The van der Waals surface area contributed by atoms with Crippen molar-refractivity contribution >= 4 is 17.6 Å². The summed E-state index contributed by atoms with van der Waals surface area (Å²) >= 11 is 1.18. The van der Waals surface area contributed by atoms with Gasteiger partial charge in [0, 0.05) is 37.1 Å². The Kier molecular flexibility index (Phi) is 7.68. The number of hydrogen-bond acceptors (Lipinski definition) is 8. The lowest BCUT2D eigenvalue weighted by molar-refractivity contribution is 0.360. The lowest BCUT2D eigenvalue weighted by Gasteiger charge is -2.26. The molecular formula is C23H26FN7S. The molecule has 0 spiro atoms. The smallest absolute Gasteiger partial charge is 0.148 e. The number of anilines is 1. The van der Waals surface area contributed by atoms with Crippen molar-refractivity contribution in [2.75, 3.05) is 38.1 Å². The van der Waals surface area contributed by atoms with E-state index in [-0.39, 0.29) is 5.70 Å². The summed E-state index contributed by atoms with van der Waals surface area (Å²) in [5, 5.41) is 19.6. The molecule has 0 bridgehead atoms. The molecule has 1 fully saturated rings. The summed E-state index contributed by atoms with van der Waals surface area (Å²) in [4.78, 5) is 12.9. The average molecular weight is 452 g/mol. The van der Waals surface area contributed by atoms with Crippen molar-refractivity contribution in [2.24, 2.45) is 5.73 Å². The second kappa shape index (κ2) is 10.4. The average Bonchev–Trinajstić information content (AvgIpc) is 3.01. The Morgan fingerprint density at radius 3 is 2.66 bits per heavy atom. The summed E-state index contributed by atoms with van der Waals surface area (Å²) in [6.07, 6.45) is 4.06. The summed E-state index contributed by atoms with van der Waals surface area (Å²) in [5.41, 5.74) is 8.00. The van der Waals surface area contributed by atoms with Gasteiger partial charge in [0.1, 0.15) is 28.8 Å². The number of hydrogen-bond donors (Lipinski definition) is 1. The minimum atomic E-state index is -0.654. The van der Waals surface area contributed by atoms with Gasteiger partial charge in [-0.2, -0.15) is 10.5 Å². The first kappa shape index (κ1) is 23.5. The predicted octanol–water partition coefficient (Wildman–Crippen LogP) is 3.37. The maximum Gasteiger partial charge on any atom is 0.148 e. The van der Waals surface area contributed by atoms with Gasteiger partial charge in [-0.3, -0.25) is 4.98 Å². The maximum absolute atomic E-state index is 14.5. The van der Waals surface area contributed by atoms with Crippen LogP contribution in [0.5, 0.6) is 0 Å². The van der Waals surface area contributed by atoms with Crippen LogP contribution in [0.15, 0.2) is 35.8 Å². The Morgan fingerprint density at radius 2 is 2.03 bits per heavy atom. The predicted molar refractivity (Wildman–Crippen MR) is 123 cm³/mol. The zero-order valence-electron chi connectivity index (χ0n) is 18.3. The number of nitriles is 2. The van der Waals surface area contributed by atoms with Gasteiger partial charge in [-0.15, -0.1) is 0 Å². The molecule has 1 aliphatic heterocycles. The number of rotatable bonds is 6. The monoisotopic (exact) mass is 451 g/mol. The lowest BCUT2D eigenvalue weighted by Crippen LogP contribution is -2.30. The standard InChI is InChI=1S/C23H26FN7S/c1-4-16-18(12-25)22(31-9-5-8-30(3)10-11-31)29-23(19(16)13-26)32-21(15(2)27)17-6-7-28-14-20(17)24/h6-7,14,21H,2,4-5,8-11,27H2,1,3H3. The van der Waals surface area contributed by atoms with Crippen LogP contribution < -0.4 is 10.6 Å². The summed E-state index contributed by atoms with van der Waals surface area (Å²) in [6.45, 7) is 9.04. The van der Waals surface area contributed by atoms with E-state index < -0.39 is 11.1 Å². The minimum absolute atomic E-state index is 0.242. The number of likely N-dealkylation sites (N-methyl/N-ethyl adjacent to an activating group) is 1. The third-order valence-corrected chi connectivity index (χ3v) is 6.81. The Morgan fingerprint density at radius 1 is 1.28 bits per heavy atom. The Bertz CT molecular complexity index is 1090. The van der Waals surface area contributed by atoms with Crippen molar-refractivity contribution in [1.29, 1.82) is 10.5 Å². The van der Waals surface area contributed by atoms with E-state index in [1.54, 1.807) is 6.07 Å². The molecular weight excluding hydrogens is 425 g/mol. The van der Waals surface area contributed by atoms with Crippen molar-refractivity contribution < 1.29 is 4.39 Å². The highest BCUT2D eigenvalue weighted by Crippen LogP contribution is 2.42. The first-order valence-corrected chi connectivity index (χ1v) is 11.3. The molecule has 1 saturated heterocycles. The van der Waals surface area contributed by atoms with Crippen molar-refractivity contribution in [3.8, 4) is 12.1 Å². The molecule has 1 aliphatic rings. The van der Waals surface area contributed by atoms with E-state index in [9.17, 15) is 14.9 Å². The number of nitrogens with zero attached hydrogens (tertiary/aromatic N) is 6. The molecule has 166 valence electrons. The molecule has 0 aliphatic carbocycles. The van der Waals surface area contributed by atoms with Crippen molar-refractivity contribution in [3.05, 3.63) is 58.8 Å². The number of aromatic nitrogens is 2. The van der Waals surface area contributed by atoms with Crippen molar-refractivity contribution in [2.45, 2.75) is 30.0 Å². The van der Waals surface area contributed by atoms with Crippen LogP contribution in [0.3, 0.4) is 0 Å². The molecule has 1 atom stereocenters. The highest BCUT2D eigenvalue weighted by Gasteiger charge is 2.27. The molecule has 3 heterocycles. The van der Waals surface area contributed by atoms with Gasteiger partial charge in [-0.25, -0.2) is 9.37 Å². The second-order valence-corrected chi connectivity index (χ2v) is 8.75. The molecule has 2 aromatic rings. The molecule has 0 amide bonds. The van der Waals surface area contributed by atoms with E-state index in [2.05, 4.69) is 40.5 Å². The van der Waals surface area contributed by atoms with Crippen LogP contribution in [0.2, 0.25) is 0 Å². The van der Waals surface area contributed by atoms with Gasteiger partial charge in [0.15, 0.2) is 0 Å². The molecule has 7 nitrogen and oxygen atoms in total. The first-order valence-electron chi connectivity index (χ1n) is 10.4. The summed E-state index contributed by atoms with van der Waals surface area (Å²) in [7, 11) is 2.07. The fourth-order valence-corrected chi connectivity index (χ4v) is 4.92. The van der Waals surface area contributed by atoms with Crippen molar-refractivity contribution in [1.82, 2.24) is 14.9 Å². The molecule has 9 heteroatoms. The fourth-order valence-electron chi connectivity index (χ4n) is 3.80. The highest BCUT2D eigenvalue weighted by atomic mass is 32.2. The van der Waals surface area contributed by atoms with Gasteiger partial charge in [0.2, 0.25) is 0 Å². The van der Waals surface area contributed by atoms with Gasteiger partial charge < -0.3 is 15.5 Å². The van der Waals surface area contributed by atoms with Gasteiger partial charge in [0.05, 0.1) is 22.6 Å². The molecule has 0 saturated carbocycles. The number of halogens is 1. The largest absolute Gasteiger partial charge is 0.401 e. The molecule has 2 N–H and O–H groups in total. The van der Waals surface area contributed by atoms with Gasteiger partial charge in [-0.1, -0.05) is 25.3 Å². The molecule has 3 rings (SSSR count). The van der Waals surface area contributed by atoms with Crippen LogP contribution >= 0.6 is 11.8 Å². The molecule has 32 heavy (non-hydrogen) atoms. The van der Waals surface area contributed by atoms with E-state index in [4.69, 9.17) is 10.7 Å². The van der Waals surface area contributed by atoms with E-state index in [1.165, 1.54) is 18.0 Å². The maximum atomic E-state index is 14.5. The second-order valence-electron chi connectivity index (χ2n) is 7.66. The van der Waals surface area contributed by atoms with E-state index in [1.807, 2.05) is 6.92 Å². The Hall–Kier alpha value is -3.14. The minimum Gasteiger partial charge on any atom is -0.401 e. The molecule has 2 aromatic heterocycles. The zero-order chi connectivity index (χ0) is 23.3. The number of pyridine rings is 2. The van der Waals surface area contributed by atoms with Crippen LogP contribution in [-0.2, 0) is 6.42 Å². The summed E-state index contributed by atoms with van der Waals surface area (Å²) in [5.74, 6) is 0.0629. The third kappa shape index (κ3) is 4.85. The van der Waals surface area contributed by atoms with Crippen molar-refractivity contribution in [3.63, 3.8) is 0 Å². The summed E-state index contributed by atoms with van der Waals surface area (Å²) < 4.78 is 14.5. The van der Waals surface area contributed by atoms with Gasteiger partial charge in [-0.05, 0) is 38.1 Å². The van der Waals surface area contributed by atoms with Crippen LogP contribution in [0.25, 0.3) is 0 Å². The Balaban J connectivity index is 2.14. The highest BCUT2D eigenvalue weighted by molar-refractivity contribution is 7.99. The Labute approximate surface area is 192 Å². The van der Waals surface area contributed by atoms with Crippen LogP contribution in [0.1, 0.15) is 40.8 Å². The molecule has 0 aromatic carbocycles. The van der Waals surface area contributed by atoms with Crippen LogP contribution in [-0.4, -0.2) is 48.1 Å². The fraction of sp³-hybridized carbons (Fsp3) is 0.391. The lowest BCUT2D eigenvalue weighted by atomic mass is 10.0. The van der Waals surface area contributed by atoms with Gasteiger partial charge in [0.25, 0.3) is 0 Å². The first-order chi connectivity index (χ1) is 15.4. The van der Waals surface area contributed by atoms with Crippen LogP contribution in [0, 0.1) is 28.5 Å². The van der Waals surface area contributed by atoms with Crippen LogP contribution in [0.4, 0.5) is 10.2 Å². The van der Waals surface area contributed by atoms with Gasteiger partial charge >= 0.3 is 0 Å². The summed E-state index contributed by atoms with van der Waals surface area (Å²) in [6, 6.07) is 6.03. The zero-order valence-corrected chi connectivity index (χ0v) is 19.1. The van der Waals surface area contributed by atoms with E-state index in [0.717, 1.165) is 38.8 Å². The SMILES string of the molecule is C=C(N)C(Sc1nc(N2CCCN(C)CC2)c(C#N)c(CC)c1C#N)c1ccncc1F.